The maximum Gasteiger partial charge on any atom is 0.311 e. The number of carbonyl (C=O) groups is 2. The maximum absolute atomic E-state index is 12.2. The van der Waals surface area contributed by atoms with Crippen LogP contribution in [-0.2, 0) is 20.9 Å². The van der Waals surface area contributed by atoms with Gasteiger partial charge in [0.25, 0.3) is 0 Å². The van der Waals surface area contributed by atoms with Crippen LogP contribution >= 0.6 is 23.1 Å². The molecule has 0 spiro atoms. The number of ether oxygens (including phenoxy) is 2. The predicted molar refractivity (Wildman–Crippen MR) is 92.8 cm³/mol. The first-order valence-corrected chi connectivity index (χ1v) is 8.90. The third-order valence-electron chi connectivity index (χ3n) is 3.78. The van der Waals surface area contributed by atoms with E-state index in [1.807, 2.05) is 6.92 Å². The molecule has 9 heteroatoms. The summed E-state index contributed by atoms with van der Waals surface area (Å²) in [4.78, 5) is 26.0. The lowest BCUT2D eigenvalue weighted by Gasteiger charge is -2.17. The van der Waals surface area contributed by atoms with Crippen molar-refractivity contribution < 1.29 is 19.1 Å². The van der Waals surface area contributed by atoms with Crippen LogP contribution in [0.25, 0.3) is 0 Å². The number of amides is 1. The predicted octanol–water partition coefficient (Wildman–Crippen LogP) is 2.69. The Bertz CT molecular complexity index is 765. The van der Waals surface area contributed by atoms with Gasteiger partial charge in [0.15, 0.2) is 0 Å². The normalized spacial score (nSPS) is 17.0. The van der Waals surface area contributed by atoms with Gasteiger partial charge in [-0.1, -0.05) is 16.1 Å². The van der Waals surface area contributed by atoms with Gasteiger partial charge in [-0.25, -0.2) is 0 Å². The van der Waals surface area contributed by atoms with Gasteiger partial charge >= 0.3 is 5.97 Å². The van der Waals surface area contributed by atoms with Crippen molar-refractivity contribution in [1.82, 2.24) is 9.59 Å². The molecule has 7 nitrogen and oxygen atoms in total. The molecule has 1 aliphatic rings. The lowest BCUT2D eigenvalue weighted by molar-refractivity contribution is -0.149. The van der Waals surface area contributed by atoms with Crippen LogP contribution in [0, 0.1) is 5.92 Å². The highest BCUT2D eigenvalue weighted by Gasteiger charge is 2.36. The van der Waals surface area contributed by atoms with Crippen LogP contribution in [0.4, 0.5) is 5.69 Å². The van der Waals surface area contributed by atoms with Crippen LogP contribution in [0.3, 0.4) is 0 Å². The van der Waals surface area contributed by atoms with Gasteiger partial charge in [-0.3, -0.25) is 9.59 Å². The SMILES string of the molecule is CCOc1ccc(N2CC(C(=O)OCc3nnsc3Cl)CC2=O)cc1. The zero-order valence-corrected chi connectivity index (χ0v) is 15.0. The topological polar surface area (TPSA) is 81.6 Å². The summed E-state index contributed by atoms with van der Waals surface area (Å²) < 4.78 is 14.7. The third-order valence-corrected chi connectivity index (χ3v) is 4.76. The Morgan fingerprint density at radius 1 is 1.40 bits per heavy atom. The Morgan fingerprint density at radius 2 is 2.16 bits per heavy atom. The molecule has 1 saturated heterocycles. The smallest absolute Gasteiger partial charge is 0.311 e. The number of aromatic nitrogens is 2. The monoisotopic (exact) mass is 381 g/mol. The fourth-order valence-corrected chi connectivity index (χ4v) is 3.15. The van der Waals surface area contributed by atoms with Crippen LogP contribution in [-0.4, -0.2) is 34.6 Å². The van der Waals surface area contributed by atoms with E-state index >= 15 is 0 Å². The van der Waals surface area contributed by atoms with Crippen molar-refractivity contribution in [2.24, 2.45) is 5.92 Å². The quantitative estimate of drug-likeness (QED) is 0.715. The van der Waals surface area contributed by atoms with Crippen molar-refractivity contribution in [1.29, 1.82) is 0 Å². The lowest BCUT2D eigenvalue weighted by Crippen LogP contribution is -2.26. The second-order valence-corrected chi connectivity index (χ2v) is 6.79. The highest BCUT2D eigenvalue weighted by molar-refractivity contribution is 7.10. The molecule has 1 aromatic heterocycles. The van der Waals surface area contributed by atoms with E-state index in [9.17, 15) is 9.59 Å². The molecule has 3 rings (SSSR count). The van der Waals surface area contributed by atoms with Gasteiger partial charge in [0.05, 0.1) is 12.5 Å². The van der Waals surface area contributed by atoms with Crippen LogP contribution in [0.2, 0.25) is 4.34 Å². The van der Waals surface area contributed by atoms with Crippen molar-refractivity contribution in [2.75, 3.05) is 18.1 Å². The van der Waals surface area contributed by atoms with Crippen LogP contribution < -0.4 is 9.64 Å². The van der Waals surface area contributed by atoms with E-state index in [1.54, 1.807) is 29.2 Å². The summed E-state index contributed by atoms with van der Waals surface area (Å²) in [6, 6.07) is 7.21. The Kier molecular flexibility index (Phi) is 5.50. The Morgan fingerprint density at radius 3 is 2.80 bits per heavy atom. The third kappa shape index (κ3) is 4.08. The van der Waals surface area contributed by atoms with Gasteiger partial charge in [-0.05, 0) is 31.2 Å². The second kappa shape index (κ2) is 7.79. The van der Waals surface area contributed by atoms with Crippen molar-refractivity contribution in [3.63, 3.8) is 0 Å². The van der Waals surface area contributed by atoms with Gasteiger partial charge in [0.2, 0.25) is 5.91 Å². The first-order chi connectivity index (χ1) is 12.1. The molecule has 1 aliphatic heterocycles. The van der Waals surface area contributed by atoms with Gasteiger partial charge in [0.1, 0.15) is 22.4 Å². The van der Waals surface area contributed by atoms with Crippen molar-refractivity contribution in [2.45, 2.75) is 20.0 Å². The summed E-state index contributed by atoms with van der Waals surface area (Å²) in [6.45, 7) is 2.73. The van der Waals surface area contributed by atoms with Gasteiger partial charge in [-0.2, -0.15) is 0 Å². The van der Waals surface area contributed by atoms with Crippen LogP contribution in [0.15, 0.2) is 24.3 Å². The molecule has 1 fully saturated rings. The van der Waals surface area contributed by atoms with E-state index in [2.05, 4.69) is 9.59 Å². The van der Waals surface area contributed by atoms with Crippen molar-refractivity contribution in [3.8, 4) is 5.75 Å². The van der Waals surface area contributed by atoms with Crippen molar-refractivity contribution >= 4 is 40.7 Å². The number of halogens is 1. The number of rotatable bonds is 6. The number of benzene rings is 1. The minimum atomic E-state index is -0.510. The first-order valence-electron chi connectivity index (χ1n) is 7.75. The van der Waals surface area contributed by atoms with E-state index in [0.29, 0.717) is 16.6 Å². The summed E-state index contributed by atoms with van der Waals surface area (Å²) in [5, 5.41) is 3.79. The molecule has 1 aromatic carbocycles. The Balaban J connectivity index is 1.59. The average molecular weight is 382 g/mol. The number of nitrogens with zero attached hydrogens (tertiary/aromatic N) is 3. The molecule has 0 bridgehead atoms. The molecule has 132 valence electrons. The van der Waals surface area contributed by atoms with Gasteiger partial charge < -0.3 is 14.4 Å². The highest BCUT2D eigenvalue weighted by atomic mass is 35.5. The molecule has 2 aromatic rings. The zero-order valence-electron chi connectivity index (χ0n) is 13.5. The summed E-state index contributed by atoms with van der Waals surface area (Å²) in [7, 11) is 0. The maximum atomic E-state index is 12.2. The fraction of sp³-hybridized carbons (Fsp3) is 0.375. The number of carbonyl (C=O) groups excluding carboxylic acids is 2. The summed E-state index contributed by atoms with van der Waals surface area (Å²) in [5.41, 5.74) is 1.16. The van der Waals surface area contributed by atoms with E-state index in [-0.39, 0.29) is 25.5 Å². The standard InChI is InChI=1S/C16H16ClN3O4S/c1-2-23-12-5-3-11(4-6-12)20-8-10(7-14(20)21)16(22)24-9-13-15(17)25-19-18-13/h3-6,10H,2,7-9H2,1H3. The van der Waals surface area contributed by atoms with Crippen LogP contribution in [0.5, 0.6) is 5.75 Å². The summed E-state index contributed by atoms with van der Waals surface area (Å²) in [5.74, 6) is -0.322. The minimum Gasteiger partial charge on any atom is -0.494 e. The Labute approximate surface area is 153 Å². The molecule has 0 saturated carbocycles. The molecule has 2 heterocycles. The Hall–Kier alpha value is -2.19. The molecular weight excluding hydrogens is 366 g/mol. The number of anilines is 1. The summed E-state index contributed by atoms with van der Waals surface area (Å²) >= 11 is 6.91. The molecule has 25 heavy (non-hydrogen) atoms. The average Bonchev–Trinajstić information content (AvgIpc) is 3.19. The van der Waals surface area contributed by atoms with Crippen molar-refractivity contribution in [3.05, 3.63) is 34.3 Å². The number of hydrogen-bond donors (Lipinski definition) is 0. The van der Waals surface area contributed by atoms with E-state index < -0.39 is 11.9 Å². The first kappa shape index (κ1) is 17.6. The molecule has 1 amide bonds. The minimum absolute atomic E-state index is 0.0398. The lowest BCUT2D eigenvalue weighted by atomic mass is 10.1. The van der Waals surface area contributed by atoms with Gasteiger partial charge in [0, 0.05) is 30.2 Å². The summed E-state index contributed by atoms with van der Waals surface area (Å²) in [6.07, 6.45) is 0.120. The number of esters is 1. The fourth-order valence-electron chi connectivity index (χ4n) is 2.54. The molecule has 0 N–H and O–H groups in total. The second-order valence-electron chi connectivity index (χ2n) is 5.43. The van der Waals surface area contributed by atoms with E-state index in [4.69, 9.17) is 21.1 Å². The largest absolute Gasteiger partial charge is 0.494 e. The molecule has 0 radical (unpaired) electrons. The van der Waals surface area contributed by atoms with E-state index in [0.717, 1.165) is 23.0 Å². The molecule has 1 unspecified atom stereocenters. The van der Waals surface area contributed by atoms with Crippen LogP contribution in [0.1, 0.15) is 19.0 Å². The highest BCUT2D eigenvalue weighted by Crippen LogP contribution is 2.28. The molecule has 1 atom stereocenters. The zero-order chi connectivity index (χ0) is 17.8. The molecule has 0 aliphatic carbocycles. The van der Waals surface area contributed by atoms with E-state index in [1.165, 1.54) is 0 Å². The molecular formula is C16H16ClN3O4S. The van der Waals surface area contributed by atoms with Gasteiger partial charge in [-0.15, -0.1) is 5.10 Å². The number of hydrogen-bond acceptors (Lipinski definition) is 7.